The summed E-state index contributed by atoms with van der Waals surface area (Å²) in [5.41, 5.74) is -0.963. The van der Waals surface area contributed by atoms with Gasteiger partial charge in [0.05, 0.1) is 15.5 Å². The maximum atomic E-state index is 12.7. The van der Waals surface area contributed by atoms with Gasteiger partial charge in [0.1, 0.15) is 18.1 Å². The van der Waals surface area contributed by atoms with Crippen molar-refractivity contribution in [1.29, 1.82) is 0 Å². The molecule has 0 unspecified atom stereocenters. The zero-order chi connectivity index (χ0) is 20.9. The van der Waals surface area contributed by atoms with Crippen molar-refractivity contribution in [3.8, 4) is 23.8 Å². The molecule has 2 aromatic rings. The minimum atomic E-state index is -4.54. The molecule has 0 spiro atoms. The number of benzene rings is 2. The van der Waals surface area contributed by atoms with E-state index >= 15 is 0 Å². The van der Waals surface area contributed by atoms with Crippen LogP contribution >= 0.6 is 23.8 Å². The molecule has 0 saturated carbocycles. The van der Waals surface area contributed by atoms with Crippen LogP contribution in [0.15, 0.2) is 36.4 Å². The second-order valence-electron chi connectivity index (χ2n) is 5.33. The molecule has 146 valence electrons. The Kier molecular flexibility index (Phi) is 6.83. The minimum Gasteiger partial charge on any atom is -0.474 e. The lowest BCUT2D eigenvalue weighted by Gasteiger charge is -2.12. The molecule has 0 atom stereocenters. The van der Waals surface area contributed by atoms with Crippen molar-refractivity contribution in [2.45, 2.75) is 12.6 Å². The number of nitro groups is 1. The summed E-state index contributed by atoms with van der Waals surface area (Å²) in [6.45, 7) is -0.0794. The van der Waals surface area contributed by atoms with Crippen molar-refractivity contribution >= 4 is 34.6 Å². The number of nitro benzene ring substituents is 1. The molecule has 0 bridgehead atoms. The van der Waals surface area contributed by atoms with Crippen LogP contribution in [0, 0.1) is 22.5 Å². The molecule has 0 aliphatic heterocycles. The molecule has 0 radical (unpaired) electrons. The van der Waals surface area contributed by atoms with E-state index in [4.69, 9.17) is 39.7 Å². The van der Waals surface area contributed by atoms with E-state index < -0.39 is 16.7 Å². The first-order valence-electron chi connectivity index (χ1n) is 7.53. The molecular formula is C18H11ClF3NO4S. The van der Waals surface area contributed by atoms with Crippen LogP contribution < -0.4 is 4.74 Å². The molecule has 0 saturated heterocycles. The zero-order valence-corrected chi connectivity index (χ0v) is 15.5. The Morgan fingerprint density at radius 1 is 1.29 bits per heavy atom. The van der Waals surface area contributed by atoms with Gasteiger partial charge in [-0.3, -0.25) is 10.1 Å². The summed E-state index contributed by atoms with van der Waals surface area (Å²) >= 11 is 10.8. The summed E-state index contributed by atoms with van der Waals surface area (Å²) in [7, 11) is 0. The number of halogens is 4. The number of nitrogens with zero attached hydrogens (tertiary/aromatic N) is 1. The molecule has 2 rings (SSSR count). The lowest BCUT2D eigenvalue weighted by atomic mass is 10.1. The summed E-state index contributed by atoms with van der Waals surface area (Å²) < 4.78 is 48.7. The number of alkyl halides is 3. The van der Waals surface area contributed by atoms with Gasteiger partial charge in [-0.25, -0.2) is 0 Å². The first-order valence-corrected chi connectivity index (χ1v) is 8.31. The molecule has 0 fully saturated rings. The fourth-order valence-corrected chi connectivity index (χ4v) is 2.59. The average molecular weight is 430 g/mol. The third kappa shape index (κ3) is 5.58. The Bertz CT molecular complexity index is 957. The topological polar surface area (TPSA) is 61.6 Å². The highest BCUT2D eigenvalue weighted by Crippen LogP contribution is 2.37. The molecular weight excluding hydrogens is 419 g/mol. The maximum absolute atomic E-state index is 12.7. The third-order valence-electron chi connectivity index (χ3n) is 3.39. The highest BCUT2D eigenvalue weighted by molar-refractivity contribution is 7.80. The monoisotopic (exact) mass is 429 g/mol. The maximum Gasteiger partial charge on any atom is 0.416 e. The summed E-state index contributed by atoms with van der Waals surface area (Å²) in [6.07, 6.45) is 0.441. The van der Waals surface area contributed by atoms with Gasteiger partial charge in [0.2, 0.25) is 0 Å². The van der Waals surface area contributed by atoms with Crippen LogP contribution in [0.25, 0.3) is 0 Å². The van der Waals surface area contributed by atoms with E-state index in [0.717, 1.165) is 18.2 Å². The Balaban J connectivity index is 2.29. The Morgan fingerprint density at radius 2 is 2.00 bits per heavy atom. The average Bonchev–Trinajstić information content (AvgIpc) is 2.60. The van der Waals surface area contributed by atoms with Crippen molar-refractivity contribution in [2.24, 2.45) is 0 Å². The molecule has 28 heavy (non-hydrogen) atoms. The van der Waals surface area contributed by atoms with Gasteiger partial charge in [-0.05, 0) is 42.5 Å². The number of terminal acetylenes is 1. The number of ether oxygens (including phenoxy) is 2. The molecule has 0 aromatic heterocycles. The van der Waals surface area contributed by atoms with E-state index in [0.29, 0.717) is 0 Å². The van der Waals surface area contributed by atoms with Crippen LogP contribution in [0.5, 0.6) is 11.5 Å². The first kappa shape index (κ1) is 21.5. The predicted octanol–water partition coefficient (Wildman–Crippen LogP) is 5.58. The largest absolute Gasteiger partial charge is 0.474 e. The number of rotatable bonds is 6. The van der Waals surface area contributed by atoms with E-state index in [-0.39, 0.29) is 45.9 Å². The smallest absolute Gasteiger partial charge is 0.416 e. The molecule has 0 N–H and O–H groups in total. The van der Waals surface area contributed by atoms with E-state index in [1.807, 2.05) is 0 Å². The second kappa shape index (κ2) is 8.91. The fourth-order valence-electron chi connectivity index (χ4n) is 2.16. The highest BCUT2D eigenvalue weighted by Gasteiger charge is 2.31. The van der Waals surface area contributed by atoms with Gasteiger partial charge >= 0.3 is 6.18 Å². The summed E-state index contributed by atoms with van der Waals surface area (Å²) in [6, 6.07) is 6.42. The summed E-state index contributed by atoms with van der Waals surface area (Å²) in [4.78, 5) is 10.6. The first-order chi connectivity index (χ1) is 13.1. The third-order valence-corrected chi connectivity index (χ3v) is 3.94. The van der Waals surface area contributed by atoms with Gasteiger partial charge in [0, 0.05) is 18.1 Å². The van der Waals surface area contributed by atoms with Crippen LogP contribution in [0.3, 0.4) is 0 Å². The standard InChI is InChI=1S/C18H11ClF3NO4S/c1-2-7-26-17(28)9-11-8-13(4-5-15(11)23(24)25)27-16-6-3-12(10-14(16)19)18(20,21)22/h1,3-6,8,10H,7,9H2. The van der Waals surface area contributed by atoms with Crippen molar-refractivity contribution < 1.29 is 27.6 Å². The Labute approximate surface area is 168 Å². The highest BCUT2D eigenvalue weighted by atomic mass is 35.5. The number of hydrogen-bond acceptors (Lipinski definition) is 5. The molecule has 5 nitrogen and oxygen atoms in total. The van der Waals surface area contributed by atoms with E-state index in [9.17, 15) is 23.3 Å². The number of hydrogen-bond donors (Lipinski definition) is 0. The van der Waals surface area contributed by atoms with Crippen LogP contribution in [0.1, 0.15) is 11.1 Å². The van der Waals surface area contributed by atoms with E-state index in [1.165, 1.54) is 18.2 Å². The number of thiocarbonyl (C=S) groups is 1. The fraction of sp³-hybridized carbons (Fsp3) is 0.167. The van der Waals surface area contributed by atoms with Gasteiger partial charge in [-0.1, -0.05) is 17.5 Å². The summed E-state index contributed by atoms with van der Waals surface area (Å²) in [5, 5.41) is 11.0. The van der Waals surface area contributed by atoms with Crippen molar-refractivity contribution in [3.63, 3.8) is 0 Å². The van der Waals surface area contributed by atoms with Gasteiger partial charge < -0.3 is 9.47 Å². The second-order valence-corrected chi connectivity index (χ2v) is 6.20. The molecule has 0 heterocycles. The van der Waals surface area contributed by atoms with Crippen molar-refractivity contribution in [3.05, 3.63) is 62.7 Å². The van der Waals surface area contributed by atoms with Crippen LogP contribution in [0.2, 0.25) is 5.02 Å². The van der Waals surface area contributed by atoms with Gasteiger partial charge in [0.25, 0.3) is 5.69 Å². The van der Waals surface area contributed by atoms with Gasteiger partial charge in [0.15, 0.2) is 5.05 Å². The van der Waals surface area contributed by atoms with E-state index in [1.54, 1.807) is 0 Å². The summed E-state index contributed by atoms with van der Waals surface area (Å²) in [5.74, 6) is 2.31. The van der Waals surface area contributed by atoms with Gasteiger partial charge in [-0.15, -0.1) is 6.42 Å². The van der Waals surface area contributed by atoms with Crippen LogP contribution in [-0.2, 0) is 17.3 Å². The zero-order valence-electron chi connectivity index (χ0n) is 14.0. The molecule has 0 aliphatic carbocycles. The van der Waals surface area contributed by atoms with Gasteiger partial charge in [-0.2, -0.15) is 13.2 Å². The minimum absolute atomic E-state index is 0.0411. The van der Waals surface area contributed by atoms with E-state index in [2.05, 4.69) is 5.92 Å². The predicted molar refractivity (Wildman–Crippen MR) is 101 cm³/mol. The molecule has 2 aromatic carbocycles. The van der Waals surface area contributed by atoms with Crippen LogP contribution in [0.4, 0.5) is 18.9 Å². The Hall–Kier alpha value is -2.83. The SMILES string of the molecule is C#CCOC(=S)Cc1cc(Oc2ccc(C(F)(F)F)cc2Cl)ccc1[N+](=O)[O-]. The molecule has 0 amide bonds. The molecule has 0 aliphatic rings. The Morgan fingerprint density at radius 3 is 2.57 bits per heavy atom. The van der Waals surface area contributed by atoms with Crippen LogP contribution in [-0.4, -0.2) is 16.6 Å². The lowest BCUT2D eigenvalue weighted by Crippen LogP contribution is -2.08. The molecule has 10 heteroatoms. The van der Waals surface area contributed by atoms with Crippen molar-refractivity contribution in [2.75, 3.05) is 6.61 Å². The van der Waals surface area contributed by atoms with Crippen molar-refractivity contribution in [1.82, 2.24) is 0 Å². The quantitative estimate of drug-likeness (QED) is 0.260. The normalized spacial score (nSPS) is 10.8. The lowest BCUT2D eigenvalue weighted by molar-refractivity contribution is -0.385.